The molecule has 0 saturated carbocycles. The highest BCUT2D eigenvalue weighted by molar-refractivity contribution is 5.81. The van der Waals surface area contributed by atoms with Gasteiger partial charge < -0.3 is 15.7 Å². The van der Waals surface area contributed by atoms with Crippen LogP contribution >= 0.6 is 0 Å². The van der Waals surface area contributed by atoms with Crippen LogP contribution in [0.1, 0.15) is 25.3 Å². The predicted molar refractivity (Wildman–Crippen MR) is 76.1 cm³/mol. The summed E-state index contributed by atoms with van der Waals surface area (Å²) in [7, 11) is 0. The number of hydrogen-bond donors (Lipinski definition) is 3. The molecule has 4 nitrogen and oxygen atoms in total. The van der Waals surface area contributed by atoms with Crippen LogP contribution in [0.5, 0.6) is 0 Å². The van der Waals surface area contributed by atoms with E-state index in [2.05, 4.69) is 16.7 Å². The van der Waals surface area contributed by atoms with Crippen LogP contribution in [-0.2, 0) is 11.2 Å². The number of aliphatic hydroxyl groups is 1. The van der Waals surface area contributed by atoms with Gasteiger partial charge >= 0.3 is 0 Å². The van der Waals surface area contributed by atoms with Crippen molar-refractivity contribution in [2.24, 2.45) is 5.92 Å². The second-order valence-corrected chi connectivity index (χ2v) is 5.21. The highest BCUT2D eigenvalue weighted by Crippen LogP contribution is 2.24. The second-order valence-electron chi connectivity index (χ2n) is 5.21. The van der Waals surface area contributed by atoms with Crippen molar-refractivity contribution in [3.63, 3.8) is 0 Å². The minimum atomic E-state index is -0.00789. The number of para-hydroxylation sites is 1. The lowest BCUT2D eigenvalue weighted by Crippen LogP contribution is -2.42. The molecular weight excluding hydrogens is 240 g/mol. The summed E-state index contributed by atoms with van der Waals surface area (Å²) in [6, 6.07) is 8.25. The number of nitrogens with one attached hydrogen (secondary N) is 2. The fourth-order valence-electron chi connectivity index (χ4n) is 2.46. The second kappa shape index (κ2) is 6.57. The minimum Gasteiger partial charge on any atom is -0.396 e. The van der Waals surface area contributed by atoms with Gasteiger partial charge in [-0.05, 0) is 37.8 Å². The quantitative estimate of drug-likeness (QED) is 0.754. The molecule has 1 aromatic rings. The molecule has 1 aliphatic heterocycles. The van der Waals surface area contributed by atoms with E-state index in [0.717, 1.165) is 24.9 Å². The maximum Gasteiger partial charge on any atom is 0.225 e. The van der Waals surface area contributed by atoms with Crippen LogP contribution in [0.4, 0.5) is 5.69 Å². The van der Waals surface area contributed by atoms with Crippen molar-refractivity contribution in [1.82, 2.24) is 5.32 Å². The lowest BCUT2D eigenvalue weighted by Gasteiger charge is -2.26. The van der Waals surface area contributed by atoms with E-state index in [4.69, 9.17) is 5.11 Å². The largest absolute Gasteiger partial charge is 0.396 e. The number of amides is 1. The number of fused-ring (bicyclic) bond motifs is 1. The average molecular weight is 262 g/mol. The maximum absolute atomic E-state index is 12.2. The molecule has 0 fully saturated rings. The summed E-state index contributed by atoms with van der Waals surface area (Å²) in [5.74, 6) is 0.0962. The minimum absolute atomic E-state index is 0.00789. The number of aliphatic hydroxyl groups excluding tert-OH is 1. The van der Waals surface area contributed by atoms with Gasteiger partial charge in [0, 0.05) is 24.9 Å². The van der Waals surface area contributed by atoms with Crippen LogP contribution in [0.25, 0.3) is 0 Å². The third kappa shape index (κ3) is 3.70. The fraction of sp³-hybridized carbons (Fsp3) is 0.533. The van der Waals surface area contributed by atoms with E-state index >= 15 is 0 Å². The lowest BCUT2D eigenvalue weighted by atomic mass is 9.93. The molecular formula is C15H22N2O2. The summed E-state index contributed by atoms with van der Waals surface area (Å²) in [6.07, 6.45) is 2.34. The van der Waals surface area contributed by atoms with E-state index in [1.165, 1.54) is 5.56 Å². The van der Waals surface area contributed by atoms with E-state index < -0.39 is 0 Å². The van der Waals surface area contributed by atoms with Gasteiger partial charge in [0.2, 0.25) is 5.91 Å². The molecule has 19 heavy (non-hydrogen) atoms. The molecule has 1 aliphatic rings. The Morgan fingerprint density at radius 1 is 1.53 bits per heavy atom. The Morgan fingerprint density at radius 3 is 3.11 bits per heavy atom. The van der Waals surface area contributed by atoms with Crippen molar-refractivity contribution in [1.29, 1.82) is 0 Å². The predicted octanol–water partition coefficient (Wildman–Crippen LogP) is 1.55. The Kier molecular flexibility index (Phi) is 4.80. The molecule has 2 unspecified atom stereocenters. The van der Waals surface area contributed by atoms with E-state index in [9.17, 15) is 4.79 Å². The zero-order chi connectivity index (χ0) is 13.7. The monoisotopic (exact) mass is 262 g/mol. The van der Waals surface area contributed by atoms with Crippen LogP contribution in [0, 0.1) is 5.92 Å². The third-order valence-corrected chi connectivity index (χ3v) is 3.58. The van der Waals surface area contributed by atoms with Crippen molar-refractivity contribution in [2.45, 2.75) is 32.2 Å². The number of benzene rings is 1. The van der Waals surface area contributed by atoms with Gasteiger partial charge in [0.05, 0.1) is 5.92 Å². The van der Waals surface area contributed by atoms with Gasteiger partial charge in [-0.2, -0.15) is 0 Å². The highest BCUT2D eigenvalue weighted by atomic mass is 16.3. The van der Waals surface area contributed by atoms with Gasteiger partial charge in [0.1, 0.15) is 0 Å². The molecule has 0 radical (unpaired) electrons. The van der Waals surface area contributed by atoms with Crippen molar-refractivity contribution in [2.75, 3.05) is 18.5 Å². The molecule has 2 atom stereocenters. The Labute approximate surface area is 114 Å². The number of carbonyl (C=O) groups excluding carboxylic acids is 1. The molecule has 3 N–H and O–H groups in total. The van der Waals surface area contributed by atoms with E-state index in [1.807, 2.05) is 25.1 Å². The Morgan fingerprint density at radius 2 is 2.32 bits per heavy atom. The summed E-state index contributed by atoms with van der Waals surface area (Å²) in [4.78, 5) is 12.2. The molecule has 2 rings (SSSR count). The molecule has 0 aromatic heterocycles. The molecule has 1 aromatic carbocycles. The highest BCUT2D eigenvalue weighted by Gasteiger charge is 2.24. The fourth-order valence-corrected chi connectivity index (χ4v) is 2.46. The van der Waals surface area contributed by atoms with E-state index in [-0.39, 0.29) is 24.5 Å². The van der Waals surface area contributed by atoms with Crippen LogP contribution in [0.15, 0.2) is 24.3 Å². The Hall–Kier alpha value is -1.55. The number of hydrogen-bond acceptors (Lipinski definition) is 3. The molecule has 0 aliphatic carbocycles. The third-order valence-electron chi connectivity index (χ3n) is 3.58. The number of carbonyl (C=O) groups is 1. The molecule has 0 bridgehead atoms. The van der Waals surface area contributed by atoms with Crippen molar-refractivity contribution in [3.05, 3.63) is 29.8 Å². The van der Waals surface area contributed by atoms with Gasteiger partial charge in [-0.3, -0.25) is 4.79 Å². The van der Waals surface area contributed by atoms with Crippen LogP contribution in [0.3, 0.4) is 0 Å². The molecule has 1 amide bonds. The summed E-state index contributed by atoms with van der Waals surface area (Å²) in [5, 5.41) is 15.1. The topological polar surface area (TPSA) is 61.4 Å². The molecule has 1 heterocycles. The molecule has 0 spiro atoms. The first-order valence-corrected chi connectivity index (χ1v) is 6.93. The van der Waals surface area contributed by atoms with Crippen molar-refractivity contribution < 1.29 is 9.90 Å². The number of rotatable bonds is 5. The SMILES string of the molecule is CC(CCCO)NC(=O)C1CNc2ccccc2C1. The summed E-state index contributed by atoms with van der Waals surface area (Å²) >= 11 is 0. The van der Waals surface area contributed by atoms with E-state index in [0.29, 0.717) is 6.54 Å². The van der Waals surface area contributed by atoms with Gasteiger partial charge in [-0.25, -0.2) is 0 Å². The van der Waals surface area contributed by atoms with Gasteiger partial charge in [-0.1, -0.05) is 18.2 Å². The Bertz CT molecular complexity index is 434. The summed E-state index contributed by atoms with van der Waals surface area (Å²) in [6.45, 7) is 2.85. The number of anilines is 1. The summed E-state index contributed by atoms with van der Waals surface area (Å²) < 4.78 is 0. The lowest BCUT2D eigenvalue weighted by molar-refractivity contribution is -0.125. The van der Waals surface area contributed by atoms with Gasteiger partial charge in [0.25, 0.3) is 0 Å². The first kappa shape index (κ1) is 13.9. The first-order chi connectivity index (χ1) is 9.20. The van der Waals surface area contributed by atoms with Crippen LogP contribution in [-0.4, -0.2) is 30.2 Å². The van der Waals surface area contributed by atoms with Gasteiger partial charge in [0.15, 0.2) is 0 Å². The van der Waals surface area contributed by atoms with Crippen molar-refractivity contribution >= 4 is 11.6 Å². The summed E-state index contributed by atoms with van der Waals surface area (Å²) in [5.41, 5.74) is 2.34. The molecule has 0 saturated heterocycles. The Balaban J connectivity index is 1.88. The molecule has 4 heteroatoms. The van der Waals surface area contributed by atoms with Crippen LogP contribution < -0.4 is 10.6 Å². The smallest absolute Gasteiger partial charge is 0.225 e. The van der Waals surface area contributed by atoms with Crippen LogP contribution in [0.2, 0.25) is 0 Å². The maximum atomic E-state index is 12.2. The standard InChI is InChI=1S/C15H22N2O2/c1-11(5-4-8-18)17-15(19)13-9-12-6-2-3-7-14(12)16-10-13/h2-3,6-7,11,13,16,18H,4-5,8-10H2,1H3,(H,17,19). The molecule has 104 valence electrons. The average Bonchev–Trinajstić information content (AvgIpc) is 2.44. The van der Waals surface area contributed by atoms with Crippen molar-refractivity contribution in [3.8, 4) is 0 Å². The van der Waals surface area contributed by atoms with E-state index in [1.54, 1.807) is 0 Å². The zero-order valence-electron chi connectivity index (χ0n) is 11.4. The zero-order valence-corrected chi connectivity index (χ0v) is 11.4. The normalized spacial score (nSPS) is 19.2. The first-order valence-electron chi connectivity index (χ1n) is 6.93. The van der Waals surface area contributed by atoms with Gasteiger partial charge in [-0.15, -0.1) is 0 Å².